The Morgan fingerprint density at radius 2 is 1.56 bits per heavy atom. The van der Waals surface area contributed by atoms with E-state index in [2.05, 4.69) is 4.90 Å². The molecule has 4 amide bonds. The summed E-state index contributed by atoms with van der Waals surface area (Å²) in [4.78, 5) is 70.5. The summed E-state index contributed by atoms with van der Waals surface area (Å²) in [7, 11) is 4.95. The van der Waals surface area contributed by atoms with Crippen molar-refractivity contribution in [3.8, 4) is 17.2 Å². The first-order valence-corrected chi connectivity index (χ1v) is 20.7. The molecule has 3 aromatic rings. The number of halogens is 4. The van der Waals surface area contributed by atoms with E-state index in [1.54, 1.807) is 20.8 Å². The minimum atomic E-state index is -5.08. The van der Waals surface area contributed by atoms with Gasteiger partial charge in [0.25, 0.3) is 5.91 Å². The lowest BCUT2D eigenvalue weighted by atomic mass is 9.95. The van der Waals surface area contributed by atoms with Gasteiger partial charge < -0.3 is 48.8 Å². The van der Waals surface area contributed by atoms with Crippen LogP contribution in [-0.2, 0) is 14.3 Å². The van der Waals surface area contributed by atoms with Gasteiger partial charge in [-0.2, -0.15) is 13.2 Å². The second-order valence-corrected chi connectivity index (χ2v) is 15.6. The molecular weight excluding hydrogens is 843 g/mol. The largest absolute Gasteiger partial charge is 0.493 e. The fourth-order valence-corrected chi connectivity index (χ4v) is 8.60. The number of likely N-dealkylation sites (N-methyl/N-ethyl adjacent to an activating group) is 1. The van der Waals surface area contributed by atoms with Crippen LogP contribution >= 0.6 is 11.6 Å². The standard InChI is InChI=1S/C40H48ClN5O9.C2HF3O2/c1-42-15-17-43(18-16-42)40(51)55-32-22-31-36(27-11-7-6-10-26(27)32)25(23-41)24-45(31)35(47)13-5-4-8-19-54-34-21-30-28(20-33(34)52-2)37(48)44-14-9-12-29(44)38(53-3)46(30)39(49)50;3-2(4,5)1(6)7/h6-7,10-11,20-22,25,29,38H,4-5,8-9,12-19,23-24H2,1-3H3,(H,49,50);(H,6,7)/t25-,29+,38?;/m1./s1. The number of methoxy groups -OCH3 is 2. The van der Waals surface area contributed by atoms with Gasteiger partial charge in [-0.3, -0.25) is 9.59 Å². The fourth-order valence-electron chi connectivity index (χ4n) is 8.35. The number of carbonyl (C=O) groups excluding carboxylic acids is 3. The maximum Gasteiger partial charge on any atom is 0.490 e. The van der Waals surface area contributed by atoms with Gasteiger partial charge in [0, 0.05) is 82.1 Å². The number of ether oxygens (including phenoxy) is 4. The number of fused-ring (bicyclic) bond motifs is 5. The van der Waals surface area contributed by atoms with E-state index in [0.29, 0.717) is 81.4 Å². The summed E-state index contributed by atoms with van der Waals surface area (Å²) in [5, 5.41) is 19.1. The minimum Gasteiger partial charge on any atom is -0.493 e. The molecular formula is C42H49ClF3N5O11. The number of carbonyl (C=O) groups is 5. The van der Waals surface area contributed by atoms with Crippen molar-refractivity contribution in [2.24, 2.45) is 0 Å². The van der Waals surface area contributed by atoms with Crippen molar-refractivity contribution in [3.05, 3.63) is 53.6 Å². The number of aliphatic carboxylic acids is 1. The molecule has 20 heteroatoms. The Morgan fingerprint density at radius 1 is 0.887 bits per heavy atom. The van der Waals surface area contributed by atoms with E-state index in [-0.39, 0.29) is 35.6 Å². The van der Waals surface area contributed by atoms with Gasteiger partial charge in [0.05, 0.1) is 36.7 Å². The van der Waals surface area contributed by atoms with Crippen molar-refractivity contribution in [2.75, 3.05) is 82.8 Å². The summed E-state index contributed by atoms with van der Waals surface area (Å²) in [6.45, 7) is 3.95. The zero-order chi connectivity index (χ0) is 44.9. The lowest BCUT2D eigenvalue weighted by molar-refractivity contribution is -0.192. The number of piperazine rings is 1. The third-order valence-electron chi connectivity index (χ3n) is 11.5. The Hall–Kier alpha value is -5.53. The van der Waals surface area contributed by atoms with Crippen molar-refractivity contribution < 1.29 is 66.3 Å². The van der Waals surface area contributed by atoms with Gasteiger partial charge in [0.2, 0.25) is 5.91 Å². The number of nitrogens with zero attached hydrogens (tertiary/aromatic N) is 5. The van der Waals surface area contributed by atoms with Crippen molar-refractivity contribution in [1.82, 2.24) is 14.7 Å². The SMILES string of the molecule is COc1cc2c(cc1OCCCCCC(=O)N1C[C@@H](CCl)c3c1cc(OC(=O)N1CCN(C)CC1)c1ccccc31)N(C(=O)O)C(OC)[C@@H]1CCCN1C2=O.O=C(O)C(F)(F)F. The van der Waals surface area contributed by atoms with Crippen LogP contribution in [-0.4, -0.2) is 146 Å². The minimum absolute atomic E-state index is 0.0412. The smallest absolute Gasteiger partial charge is 0.490 e. The Balaban J connectivity index is 0.000000845. The number of carboxylic acid groups (broad SMARTS) is 2. The highest BCUT2D eigenvalue weighted by atomic mass is 35.5. The van der Waals surface area contributed by atoms with Crippen LogP contribution in [0.3, 0.4) is 0 Å². The summed E-state index contributed by atoms with van der Waals surface area (Å²) < 4.78 is 55.1. The molecule has 0 bridgehead atoms. The van der Waals surface area contributed by atoms with E-state index >= 15 is 0 Å². The fraction of sp³-hybridized carbons (Fsp3) is 0.500. The second kappa shape index (κ2) is 19.7. The first kappa shape index (κ1) is 46.0. The summed E-state index contributed by atoms with van der Waals surface area (Å²) in [5.74, 6) is -1.74. The maximum atomic E-state index is 13.8. The van der Waals surface area contributed by atoms with Gasteiger partial charge >= 0.3 is 24.3 Å². The number of benzene rings is 3. The highest BCUT2D eigenvalue weighted by molar-refractivity contribution is 6.19. The molecule has 4 aliphatic rings. The molecule has 2 fully saturated rings. The molecule has 336 valence electrons. The number of carboxylic acids is 1. The maximum absolute atomic E-state index is 13.8. The summed E-state index contributed by atoms with van der Waals surface area (Å²) >= 11 is 6.48. The highest BCUT2D eigenvalue weighted by Crippen LogP contribution is 2.46. The molecule has 1 unspecified atom stereocenters. The molecule has 3 aromatic carbocycles. The van der Waals surface area contributed by atoms with Crippen LogP contribution in [0.1, 0.15) is 60.4 Å². The predicted molar refractivity (Wildman–Crippen MR) is 221 cm³/mol. The molecule has 4 heterocycles. The molecule has 2 N–H and O–H groups in total. The third-order valence-corrected chi connectivity index (χ3v) is 11.8. The lowest BCUT2D eigenvalue weighted by Gasteiger charge is -2.33. The van der Waals surface area contributed by atoms with Crippen LogP contribution in [0.25, 0.3) is 10.8 Å². The Kier molecular flexibility index (Phi) is 14.6. The number of hydrogen-bond acceptors (Lipinski definition) is 10. The van der Waals surface area contributed by atoms with E-state index in [1.165, 1.54) is 20.3 Å². The molecule has 0 radical (unpaired) electrons. The molecule has 0 aliphatic carbocycles. The van der Waals surface area contributed by atoms with Crippen LogP contribution < -0.4 is 24.0 Å². The average Bonchev–Trinajstić information content (AvgIpc) is 3.87. The number of amides is 4. The first-order chi connectivity index (χ1) is 29.6. The average molecular weight is 892 g/mol. The normalized spacial score (nSPS) is 19.9. The molecule has 0 spiro atoms. The number of alkyl halides is 4. The van der Waals surface area contributed by atoms with Crippen molar-refractivity contribution >= 4 is 63.7 Å². The molecule has 0 aromatic heterocycles. The third kappa shape index (κ3) is 9.74. The van der Waals surface area contributed by atoms with Crippen LogP contribution in [0.2, 0.25) is 0 Å². The van der Waals surface area contributed by atoms with E-state index in [4.69, 9.17) is 40.4 Å². The van der Waals surface area contributed by atoms with Crippen molar-refractivity contribution in [3.63, 3.8) is 0 Å². The molecule has 4 aliphatic heterocycles. The van der Waals surface area contributed by atoms with Crippen molar-refractivity contribution in [1.29, 1.82) is 0 Å². The summed E-state index contributed by atoms with van der Waals surface area (Å²) in [6, 6.07) is 12.3. The Labute approximate surface area is 360 Å². The molecule has 2 saturated heterocycles. The van der Waals surface area contributed by atoms with Gasteiger partial charge in [0.1, 0.15) is 5.75 Å². The molecule has 62 heavy (non-hydrogen) atoms. The number of rotatable bonds is 11. The van der Waals surface area contributed by atoms with Crippen LogP contribution in [0.15, 0.2) is 42.5 Å². The topological polar surface area (TPSA) is 179 Å². The molecule has 7 rings (SSSR count). The molecule has 3 atom stereocenters. The number of unbranched alkanes of at least 4 members (excludes halogenated alkanes) is 2. The summed E-state index contributed by atoms with van der Waals surface area (Å²) in [6.07, 6.45) is -3.99. The van der Waals surface area contributed by atoms with Gasteiger partial charge in [-0.05, 0) is 56.2 Å². The van der Waals surface area contributed by atoms with Crippen LogP contribution in [0.5, 0.6) is 17.2 Å². The van der Waals surface area contributed by atoms with E-state index in [1.807, 2.05) is 37.4 Å². The van der Waals surface area contributed by atoms with Crippen LogP contribution in [0.4, 0.5) is 34.1 Å². The van der Waals surface area contributed by atoms with E-state index in [9.17, 15) is 37.5 Å². The van der Waals surface area contributed by atoms with Crippen molar-refractivity contribution in [2.45, 2.75) is 62.9 Å². The van der Waals surface area contributed by atoms with Crippen LogP contribution in [0, 0.1) is 0 Å². The number of hydrogen-bond donors (Lipinski definition) is 2. The van der Waals surface area contributed by atoms with Gasteiger partial charge in [0.15, 0.2) is 17.7 Å². The number of anilines is 2. The predicted octanol–water partition coefficient (Wildman–Crippen LogP) is 6.61. The highest BCUT2D eigenvalue weighted by Gasteiger charge is 2.46. The quantitative estimate of drug-likeness (QED) is 0.156. The van der Waals surface area contributed by atoms with Gasteiger partial charge in [-0.1, -0.05) is 24.3 Å². The summed E-state index contributed by atoms with van der Waals surface area (Å²) in [5.41, 5.74) is 2.11. The Morgan fingerprint density at radius 3 is 2.19 bits per heavy atom. The Bertz CT molecular complexity index is 2170. The zero-order valence-corrected chi connectivity index (χ0v) is 35.2. The van der Waals surface area contributed by atoms with E-state index < -0.39 is 36.6 Å². The lowest BCUT2D eigenvalue weighted by Crippen LogP contribution is -2.51. The van der Waals surface area contributed by atoms with Gasteiger partial charge in [-0.25, -0.2) is 19.3 Å². The van der Waals surface area contributed by atoms with E-state index in [0.717, 1.165) is 46.4 Å². The molecule has 0 saturated carbocycles. The monoisotopic (exact) mass is 891 g/mol. The van der Waals surface area contributed by atoms with Gasteiger partial charge in [-0.15, -0.1) is 11.6 Å². The second-order valence-electron chi connectivity index (χ2n) is 15.3. The zero-order valence-electron chi connectivity index (χ0n) is 34.5. The molecule has 16 nitrogen and oxygen atoms in total. The first-order valence-electron chi connectivity index (χ1n) is 20.2.